The van der Waals surface area contributed by atoms with E-state index < -0.39 is 5.97 Å². The summed E-state index contributed by atoms with van der Waals surface area (Å²) in [6.07, 6.45) is 1.70. The number of para-hydroxylation sites is 1. The lowest BCUT2D eigenvalue weighted by Crippen LogP contribution is -2.27. The second-order valence-corrected chi connectivity index (χ2v) is 8.99. The summed E-state index contributed by atoms with van der Waals surface area (Å²) in [5.41, 5.74) is 2.41. The van der Waals surface area contributed by atoms with Crippen LogP contribution in [-0.2, 0) is 11.4 Å². The first-order valence-corrected chi connectivity index (χ1v) is 11.4. The molecule has 0 radical (unpaired) electrons. The highest BCUT2D eigenvalue weighted by Crippen LogP contribution is 2.36. The predicted octanol–water partition coefficient (Wildman–Crippen LogP) is 5.81. The Morgan fingerprint density at radius 2 is 1.75 bits per heavy atom. The van der Waals surface area contributed by atoms with E-state index in [1.807, 2.05) is 18.2 Å². The quantitative estimate of drug-likeness (QED) is 0.304. The third-order valence-corrected chi connectivity index (χ3v) is 6.37. The number of thioether (sulfide) groups is 1. The van der Waals surface area contributed by atoms with E-state index in [9.17, 15) is 14.4 Å². The van der Waals surface area contributed by atoms with E-state index in [1.54, 1.807) is 48.5 Å². The van der Waals surface area contributed by atoms with Crippen LogP contribution in [0.5, 0.6) is 5.75 Å². The first kappa shape index (κ1) is 22.1. The Kier molecular flexibility index (Phi) is 6.61. The minimum Gasteiger partial charge on any atom is -0.488 e. The second kappa shape index (κ2) is 9.58. The normalized spacial score (nSPS) is 14.8. The van der Waals surface area contributed by atoms with Crippen LogP contribution in [0.2, 0.25) is 0 Å². The summed E-state index contributed by atoms with van der Waals surface area (Å²) in [4.78, 5) is 37.6. The van der Waals surface area contributed by atoms with Gasteiger partial charge in [-0.05, 0) is 88.0 Å². The number of hydrogen-bond acceptors (Lipinski definition) is 5. The molecule has 8 heteroatoms. The zero-order valence-electron chi connectivity index (χ0n) is 16.5. The first-order chi connectivity index (χ1) is 15.4. The highest BCUT2D eigenvalue weighted by atomic mass is 127. The third-order valence-electron chi connectivity index (χ3n) is 4.66. The number of ether oxygens (including phenoxy) is 1. The van der Waals surface area contributed by atoms with E-state index in [-0.39, 0.29) is 16.7 Å². The molecule has 0 spiro atoms. The van der Waals surface area contributed by atoms with Crippen molar-refractivity contribution in [3.63, 3.8) is 0 Å². The molecule has 0 atom stereocenters. The van der Waals surface area contributed by atoms with Crippen molar-refractivity contribution in [2.45, 2.75) is 6.61 Å². The molecule has 1 heterocycles. The molecule has 3 aromatic carbocycles. The van der Waals surface area contributed by atoms with Gasteiger partial charge in [0.15, 0.2) is 0 Å². The Balaban J connectivity index is 1.46. The molecule has 0 saturated carbocycles. The standard InChI is InChI=1S/C24H16INO5S/c25-19-12-16(8-11-20(19)31-14-15-6-9-17(10-7-15)23(28)29)13-21-22(27)26(24(30)32-21)18-4-2-1-3-5-18/h1-13H,14H2,(H,28,29)/b21-13-. The number of hydrogen-bond donors (Lipinski definition) is 1. The molecule has 160 valence electrons. The minimum absolute atomic E-state index is 0.226. The van der Waals surface area contributed by atoms with Crippen LogP contribution < -0.4 is 9.64 Å². The van der Waals surface area contributed by atoms with Crippen molar-refractivity contribution >= 4 is 63.2 Å². The number of benzene rings is 3. The molecule has 0 bridgehead atoms. The van der Waals surface area contributed by atoms with Crippen LogP contribution in [0.1, 0.15) is 21.5 Å². The van der Waals surface area contributed by atoms with E-state index >= 15 is 0 Å². The number of carbonyl (C=O) groups excluding carboxylic acids is 2. The van der Waals surface area contributed by atoms with Crippen molar-refractivity contribution < 1.29 is 24.2 Å². The van der Waals surface area contributed by atoms with Crippen molar-refractivity contribution in [1.29, 1.82) is 0 Å². The van der Waals surface area contributed by atoms with Gasteiger partial charge in [0.25, 0.3) is 11.1 Å². The van der Waals surface area contributed by atoms with Crippen molar-refractivity contribution in [3.05, 3.63) is 98.0 Å². The summed E-state index contributed by atoms with van der Waals surface area (Å²) in [7, 11) is 0. The number of rotatable bonds is 6. The van der Waals surface area contributed by atoms with Crippen LogP contribution in [0.3, 0.4) is 0 Å². The lowest BCUT2D eigenvalue weighted by atomic mass is 10.1. The Morgan fingerprint density at radius 1 is 1.03 bits per heavy atom. The monoisotopic (exact) mass is 557 g/mol. The number of carbonyl (C=O) groups is 3. The summed E-state index contributed by atoms with van der Waals surface area (Å²) < 4.78 is 6.70. The lowest BCUT2D eigenvalue weighted by molar-refractivity contribution is -0.113. The highest BCUT2D eigenvalue weighted by molar-refractivity contribution is 14.1. The second-order valence-electron chi connectivity index (χ2n) is 6.83. The van der Waals surface area contributed by atoms with Gasteiger partial charge >= 0.3 is 5.97 Å². The number of amides is 2. The van der Waals surface area contributed by atoms with Gasteiger partial charge < -0.3 is 9.84 Å². The van der Waals surface area contributed by atoms with Gasteiger partial charge in [0.2, 0.25) is 0 Å². The lowest BCUT2D eigenvalue weighted by Gasteiger charge is -2.11. The third kappa shape index (κ3) is 4.86. The van der Waals surface area contributed by atoms with E-state index in [2.05, 4.69) is 22.6 Å². The Bertz CT molecular complexity index is 1220. The number of carboxylic acid groups (broad SMARTS) is 1. The molecule has 0 unspecified atom stereocenters. The van der Waals surface area contributed by atoms with Crippen LogP contribution in [0.4, 0.5) is 10.5 Å². The molecule has 2 amide bonds. The number of halogens is 1. The van der Waals surface area contributed by atoms with Gasteiger partial charge in [-0.2, -0.15) is 0 Å². The van der Waals surface area contributed by atoms with Gasteiger partial charge in [0.1, 0.15) is 12.4 Å². The van der Waals surface area contributed by atoms with Crippen LogP contribution in [-0.4, -0.2) is 22.2 Å². The van der Waals surface area contributed by atoms with Crippen LogP contribution in [0.15, 0.2) is 77.7 Å². The van der Waals surface area contributed by atoms with Crippen molar-refractivity contribution in [1.82, 2.24) is 0 Å². The summed E-state index contributed by atoms with van der Waals surface area (Å²) in [5, 5.41) is 8.65. The molecule has 6 nitrogen and oxygen atoms in total. The molecule has 0 aromatic heterocycles. The van der Waals surface area contributed by atoms with Gasteiger partial charge in [0, 0.05) is 0 Å². The topological polar surface area (TPSA) is 83.9 Å². The summed E-state index contributed by atoms with van der Waals surface area (Å²) in [6.45, 7) is 0.297. The molecule has 3 aromatic rings. The fourth-order valence-electron chi connectivity index (χ4n) is 3.05. The highest BCUT2D eigenvalue weighted by Gasteiger charge is 2.36. The molecule has 1 aliphatic rings. The zero-order valence-corrected chi connectivity index (χ0v) is 19.5. The minimum atomic E-state index is -0.968. The molecule has 32 heavy (non-hydrogen) atoms. The molecule has 4 rings (SSSR count). The van der Waals surface area contributed by atoms with E-state index in [4.69, 9.17) is 9.84 Å². The molecular weight excluding hydrogens is 541 g/mol. The maximum absolute atomic E-state index is 12.8. The van der Waals surface area contributed by atoms with Crippen LogP contribution in [0, 0.1) is 3.57 Å². The fourth-order valence-corrected chi connectivity index (χ4v) is 4.58. The summed E-state index contributed by atoms with van der Waals surface area (Å²) in [6, 6.07) is 20.9. The average Bonchev–Trinajstić information content (AvgIpc) is 3.06. The smallest absolute Gasteiger partial charge is 0.335 e. The molecule has 1 aliphatic heterocycles. The van der Waals surface area contributed by atoms with Gasteiger partial charge in [-0.25, -0.2) is 9.69 Å². The Hall–Kier alpha value is -3.11. The average molecular weight is 557 g/mol. The van der Waals surface area contributed by atoms with Gasteiger partial charge in [0.05, 0.1) is 19.7 Å². The van der Waals surface area contributed by atoms with Crippen molar-refractivity contribution in [2.75, 3.05) is 4.90 Å². The SMILES string of the molecule is O=C(O)c1ccc(COc2ccc(/C=C3\SC(=O)N(c4ccccc4)C3=O)cc2I)cc1. The largest absolute Gasteiger partial charge is 0.488 e. The number of carboxylic acids is 1. The maximum atomic E-state index is 12.8. The molecule has 1 saturated heterocycles. The van der Waals surface area contributed by atoms with Crippen LogP contribution in [0.25, 0.3) is 6.08 Å². The summed E-state index contributed by atoms with van der Waals surface area (Å²) >= 11 is 3.07. The number of anilines is 1. The number of aromatic carboxylic acids is 1. The van der Waals surface area contributed by atoms with E-state index in [0.29, 0.717) is 22.9 Å². The fraction of sp³-hybridized carbons (Fsp3) is 0.0417. The van der Waals surface area contributed by atoms with E-state index in [1.165, 1.54) is 17.0 Å². The van der Waals surface area contributed by atoms with Crippen molar-refractivity contribution in [2.24, 2.45) is 0 Å². The molecule has 0 aliphatic carbocycles. The van der Waals surface area contributed by atoms with Crippen LogP contribution >= 0.6 is 34.4 Å². The Labute approximate surface area is 202 Å². The van der Waals surface area contributed by atoms with Gasteiger partial charge in [-0.3, -0.25) is 9.59 Å². The van der Waals surface area contributed by atoms with Gasteiger partial charge in [-0.15, -0.1) is 0 Å². The number of nitrogens with zero attached hydrogens (tertiary/aromatic N) is 1. The number of imide groups is 1. The molecule has 1 fully saturated rings. The first-order valence-electron chi connectivity index (χ1n) is 9.50. The van der Waals surface area contributed by atoms with Gasteiger partial charge in [-0.1, -0.05) is 36.4 Å². The predicted molar refractivity (Wildman–Crippen MR) is 132 cm³/mol. The van der Waals surface area contributed by atoms with E-state index in [0.717, 1.165) is 26.5 Å². The summed E-state index contributed by atoms with van der Waals surface area (Å²) in [5.74, 6) is -0.641. The molecule has 1 N–H and O–H groups in total. The Morgan fingerprint density at radius 3 is 2.41 bits per heavy atom. The maximum Gasteiger partial charge on any atom is 0.335 e. The molecular formula is C24H16INO5S. The van der Waals surface area contributed by atoms with Crippen molar-refractivity contribution in [3.8, 4) is 5.75 Å². The zero-order chi connectivity index (χ0) is 22.7.